The van der Waals surface area contributed by atoms with Gasteiger partial charge in [-0.25, -0.2) is 0 Å². The molecule has 18 heavy (non-hydrogen) atoms. The van der Waals surface area contributed by atoms with Gasteiger partial charge >= 0.3 is 5.97 Å². The van der Waals surface area contributed by atoms with E-state index in [0.29, 0.717) is 0 Å². The highest BCUT2D eigenvalue weighted by atomic mass is 79.9. The smallest absolute Gasteiger partial charge is 0.319 e. The lowest BCUT2D eigenvalue weighted by molar-refractivity contribution is -0.139. The SMILES string of the molecule is COC(=O)CNC(C)c1cc2cc(Br)ccc2o1. The summed E-state index contributed by atoms with van der Waals surface area (Å²) in [6, 6.07) is 7.76. The van der Waals surface area contributed by atoms with E-state index in [0.717, 1.165) is 21.2 Å². The van der Waals surface area contributed by atoms with Gasteiger partial charge in [0.05, 0.1) is 19.7 Å². The van der Waals surface area contributed by atoms with Gasteiger partial charge in [-0.2, -0.15) is 0 Å². The van der Waals surface area contributed by atoms with E-state index in [2.05, 4.69) is 26.0 Å². The third kappa shape index (κ3) is 2.91. The van der Waals surface area contributed by atoms with E-state index >= 15 is 0 Å². The number of esters is 1. The van der Waals surface area contributed by atoms with Crippen LogP contribution < -0.4 is 5.32 Å². The zero-order chi connectivity index (χ0) is 13.1. The third-order valence-electron chi connectivity index (χ3n) is 2.70. The molecule has 0 fully saturated rings. The summed E-state index contributed by atoms with van der Waals surface area (Å²) in [5, 5.41) is 4.08. The second kappa shape index (κ2) is 5.54. The number of hydrogen-bond donors (Lipinski definition) is 1. The molecule has 0 saturated carbocycles. The minimum Gasteiger partial charge on any atom is -0.468 e. The van der Waals surface area contributed by atoms with Crippen LogP contribution in [0.5, 0.6) is 0 Å². The van der Waals surface area contributed by atoms with Crippen molar-refractivity contribution in [3.8, 4) is 0 Å². The molecule has 96 valence electrons. The van der Waals surface area contributed by atoms with Crippen LogP contribution in [0.2, 0.25) is 0 Å². The summed E-state index contributed by atoms with van der Waals surface area (Å²) < 4.78 is 11.3. The zero-order valence-corrected chi connectivity index (χ0v) is 11.8. The molecular formula is C13H14BrNO3. The van der Waals surface area contributed by atoms with Gasteiger partial charge in [0.25, 0.3) is 0 Å². The Morgan fingerprint density at radius 1 is 1.50 bits per heavy atom. The second-order valence-corrected chi connectivity index (χ2v) is 4.93. The molecule has 0 amide bonds. The standard InChI is InChI=1S/C13H14BrNO3/c1-8(15-7-13(16)17-2)12-6-9-5-10(14)3-4-11(9)18-12/h3-6,8,15H,7H2,1-2H3. The quantitative estimate of drug-likeness (QED) is 0.882. The van der Waals surface area contributed by atoms with Crippen molar-refractivity contribution in [1.29, 1.82) is 0 Å². The van der Waals surface area contributed by atoms with Gasteiger partial charge in [0.15, 0.2) is 0 Å². The zero-order valence-electron chi connectivity index (χ0n) is 10.2. The van der Waals surface area contributed by atoms with Crippen LogP contribution in [0.1, 0.15) is 18.7 Å². The van der Waals surface area contributed by atoms with Crippen molar-refractivity contribution < 1.29 is 13.9 Å². The Bertz CT molecular complexity index is 564. The third-order valence-corrected chi connectivity index (χ3v) is 3.20. The van der Waals surface area contributed by atoms with Crippen LogP contribution in [0.4, 0.5) is 0 Å². The van der Waals surface area contributed by atoms with E-state index in [1.807, 2.05) is 31.2 Å². The molecule has 1 heterocycles. The molecular weight excluding hydrogens is 298 g/mol. The Kier molecular flexibility index (Phi) is 4.04. The molecule has 0 bridgehead atoms. The highest BCUT2D eigenvalue weighted by Gasteiger charge is 2.12. The van der Waals surface area contributed by atoms with Crippen LogP contribution in [-0.4, -0.2) is 19.6 Å². The van der Waals surface area contributed by atoms with Crippen LogP contribution in [0.25, 0.3) is 11.0 Å². The first-order valence-electron chi connectivity index (χ1n) is 5.59. The van der Waals surface area contributed by atoms with E-state index in [-0.39, 0.29) is 18.6 Å². The average Bonchev–Trinajstić information content (AvgIpc) is 2.78. The van der Waals surface area contributed by atoms with E-state index in [1.54, 1.807) is 0 Å². The minimum atomic E-state index is -0.291. The van der Waals surface area contributed by atoms with E-state index in [1.165, 1.54) is 7.11 Å². The van der Waals surface area contributed by atoms with Crippen molar-refractivity contribution in [2.45, 2.75) is 13.0 Å². The molecule has 2 aromatic rings. The van der Waals surface area contributed by atoms with Crippen molar-refractivity contribution in [1.82, 2.24) is 5.32 Å². The summed E-state index contributed by atoms with van der Waals surface area (Å²) in [5.74, 6) is 0.507. The number of fused-ring (bicyclic) bond motifs is 1. The number of halogens is 1. The van der Waals surface area contributed by atoms with Gasteiger partial charge in [0.2, 0.25) is 0 Å². The van der Waals surface area contributed by atoms with Gasteiger partial charge in [0, 0.05) is 9.86 Å². The van der Waals surface area contributed by atoms with Gasteiger partial charge in [-0.15, -0.1) is 0 Å². The predicted molar refractivity (Wildman–Crippen MR) is 72.3 cm³/mol. The Hall–Kier alpha value is -1.33. The number of carbonyl (C=O) groups is 1. The van der Waals surface area contributed by atoms with Crippen LogP contribution in [0, 0.1) is 0 Å². The van der Waals surface area contributed by atoms with Crippen molar-refractivity contribution >= 4 is 32.9 Å². The molecule has 1 N–H and O–H groups in total. The number of furan rings is 1. The molecule has 1 aromatic carbocycles. The van der Waals surface area contributed by atoms with Gasteiger partial charge in [0.1, 0.15) is 11.3 Å². The lowest BCUT2D eigenvalue weighted by Crippen LogP contribution is -2.26. The predicted octanol–water partition coefficient (Wildman–Crippen LogP) is 3.02. The van der Waals surface area contributed by atoms with Crippen LogP contribution >= 0.6 is 15.9 Å². The molecule has 0 aliphatic carbocycles. The number of hydrogen-bond acceptors (Lipinski definition) is 4. The summed E-state index contributed by atoms with van der Waals surface area (Å²) >= 11 is 3.42. The largest absolute Gasteiger partial charge is 0.468 e. The Balaban J connectivity index is 2.13. The number of nitrogens with one attached hydrogen (secondary N) is 1. The van der Waals surface area contributed by atoms with Crippen LogP contribution in [0.15, 0.2) is 33.2 Å². The van der Waals surface area contributed by atoms with E-state index in [9.17, 15) is 4.79 Å². The number of rotatable bonds is 4. The maximum absolute atomic E-state index is 11.0. The normalized spacial score (nSPS) is 12.6. The molecule has 0 radical (unpaired) electrons. The fourth-order valence-corrected chi connectivity index (χ4v) is 2.04. The molecule has 2 rings (SSSR count). The Morgan fingerprint density at radius 2 is 2.28 bits per heavy atom. The summed E-state index contributed by atoms with van der Waals surface area (Å²) in [6.45, 7) is 2.11. The van der Waals surface area contributed by atoms with Gasteiger partial charge < -0.3 is 9.15 Å². The highest BCUT2D eigenvalue weighted by molar-refractivity contribution is 9.10. The lowest BCUT2D eigenvalue weighted by Gasteiger charge is -2.09. The molecule has 0 aliphatic heterocycles. The second-order valence-electron chi connectivity index (χ2n) is 4.01. The fourth-order valence-electron chi connectivity index (χ4n) is 1.66. The topological polar surface area (TPSA) is 51.5 Å². The fraction of sp³-hybridized carbons (Fsp3) is 0.308. The van der Waals surface area contributed by atoms with Crippen molar-refractivity contribution in [3.05, 3.63) is 34.5 Å². The number of carbonyl (C=O) groups excluding carboxylic acids is 1. The molecule has 4 nitrogen and oxygen atoms in total. The molecule has 1 unspecified atom stereocenters. The monoisotopic (exact) mass is 311 g/mol. The highest BCUT2D eigenvalue weighted by Crippen LogP contribution is 2.26. The number of ether oxygens (including phenoxy) is 1. The molecule has 0 aliphatic rings. The molecule has 1 aromatic heterocycles. The van der Waals surface area contributed by atoms with Crippen molar-refractivity contribution in [3.63, 3.8) is 0 Å². The Morgan fingerprint density at radius 3 is 3.00 bits per heavy atom. The number of methoxy groups -OCH3 is 1. The van der Waals surface area contributed by atoms with E-state index in [4.69, 9.17) is 4.42 Å². The maximum Gasteiger partial charge on any atom is 0.319 e. The van der Waals surface area contributed by atoms with Crippen molar-refractivity contribution in [2.24, 2.45) is 0 Å². The first-order chi connectivity index (χ1) is 8.60. The van der Waals surface area contributed by atoms with Crippen LogP contribution in [0.3, 0.4) is 0 Å². The van der Waals surface area contributed by atoms with Gasteiger partial charge in [-0.05, 0) is 31.2 Å². The first kappa shape index (κ1) is 13.1. The number of benzene rings is 1. The lowest BCUT2D eigenvalue weighted by atomic mass is 10.2. The summed E-state index contributed by atoms with van der Waals surface area (Å²) in [6.07, 6.45) is 0. The molecule has 1 atom stereocenters. The van der Waals surface area contributed by atoms with Crippen molar-refractivity contribution in [2.75, 3.05) is 13.7 Å². The molecule has 0 spiro atoms. The van der Waals surface area contributed by atoms with Gasteiger partial charge in [-0.1, -0.05) is 15.9 Å². The summed E-state index contributed by atoms with van der Waals surface area (Å²) in [5.41, 5.74) is 0.833. The summed E-state index contributed by atoms with van der Waals surface area (Å²) in [4.78, 5) is 11.0. The first-order valence-corrected chi connectivity index (χ1v) is 6.38. The van der Waals surface area contributed by atoms with Gasteiger partial charge in [-0.3, -0.25) is 10.1 Å². The molecule has 5 heteroatoms. The Labute approximate surface area is 113 Å². The van der Waals surface area contributed by atoms with Crippen LogP contribution in [-0.2, 0) is 9.53 Å². The maximum atomic E-state index is 11.0. The summed E-state index contributed by atoms with van der Waals surface area (Å²) in [7, 11) is 1.37. The average molecular weight is 312 g/mol. The van der Waals surface area contributed by atoms with E-state index < -0.39 is 0 Å². The minimum absolute atomic E-state index is 0.0460. The molecule has 0 saturated heterocycles.